The fourth-order valence-corrected chi connectivity index (χ4v) is 4.04. The highest BCUT2D eigenvalue weighted by atomic mass is 32.2. The SMILES string of the molecule is CCC1(n2c(SCC(=O)O)nc3c(C)nn(C)c32)CCC1. The molecule has 0 unspecified atom stereocenters. The molecule has 2 aromatic rings. The highest BCUT2D eigenvalue weighted by molar-refractivity contribution is 7.99. The first kappa shape index (κ1) is 14.4. The van der Waals surface area contributed by atoms with Crippen LogP contribution >= 0.6 is 11.8 Å². The molecule has 1 fully saturated rings. The Bertz CT molecular complexity index is 694. The van der Waals surface area contributed by atoms with Crippen molar-refractivity contribution in [3.63, 3.8) is 0 Å². The van der Waals surface area contributed by atoms with Crippen molar-refractivity contribution in [2.24, 2.45) is 7.05 Å². The molecule has 6 nitrogen and oxygen atoms in total. The molecule has 0 radical (unpaired) electrons. The number of rotatable bonds is 5. The number of imidazole rings is 1. The Hall–Kier alpha value is -1.50. The van der Waals surface area contributed by atoms with E-state index in [0.29, 0.717) is 0 Å². The van der Waals surface area contributed by atoms with E-state index >= 15 is 0 Å². The zero-order valence-electron chi connectivity index (χ0n) is 12.6. The Morgan fingerprint density at radius 2 is 2.19 bits per heavy atom. The van der Waals surface area contributed by atoms with Crippen LogP contribution in [0.25, 0.3) is 11.2 Å². The molecule has 1 N–H and O–H groups in total. The normalized spacial score (nSPS) is 17.1. The van der Waals surface area contributed by atoms with Gasteiger partial charge in [-0.15, -0.1) is 0 Å². The van der Waals surface area contributed by atoms with Crippen LogP contribution in [-0.4, -0.2) is 36.2 Å². The minimum Gasteiger partial charge on any atom is -0.481 e. The van der Waals surface area contributed by atoms with Gasteiger partial charge in [0.05, 0.1) is 11.4 Å². The number of carboxylic acid groups (broad SMARTS) is 1. The second-order valence-corrected chi connectivity index (χ2v) is 6.67. The third kappa shape index (κ3) is 2.14. The van der Waals surface area contributed by atoms with Gasteiger partial charge in [-0.3, -0.25) is 14.0 Å². The second-order valence-electron chi connectivity index (χ2n) is 5.72. The molecule has 1 aliphatic carbocycles. The van der Waals surface area contributed by atoms with Crippen LogP contribution in [0.1, 0.15) is 38.3 Å². The second kappa shape index (κ2) is 5.05. The van der Waals surface area contributed by atoms with E-state index in [9.17, 15) is 4.79 Å². The standard InChI is InChI=1S/C14H20N4O2S/c1-4-14(6-5-7-14)18-12-11(9(2)16-17(12)3)15-13(18)21-8-10(19)20/h4-8H2,1-3H3,(H,19,20). The topological polar surface area (TPSA) is 72.9 Å². The van der Waals surface area contributed by atoms with E-state index in [1.54, 1.807) is 0 Å². The molecule has 2 heterocycles. The van der Waals surface area contributed by atoms with Gasteiger partial charge in [0.25, 0.3) is 0 Å². The van der Waals surface area contributed by atoms with Crippen LogP contribution < -0.4 is 0 Å². The van der Waals surface area contributed by atoms with Gasteiger partial charge in [-0.1, -0.05) is 18.7 Å². The highest BCUT2D eigenvalue weighted by Crippen LogP contribution is 2.46. The maximum Gasteiger partial charge on any atom is 0.313 e. The lowest BCUT2D eigenvalue weighted by atomic mass is 9.74. The lowest BCUT2D eigenvalue weighted by Crippen LogP contribution is -2.40. The molecule has 0 aromatic carbocycles. The van der Waals surface area contributed by atoms with Gasteiger partial charge in [0.1, 0.15) is 5.52 Å². The van der Waals surface area contributed by atoms with Gasteiger partial charge in [-0.05, 0) is 32.6 Å². The summed E-state index contributed by atoms with van der Waals surface area (Å²) < 4.78 is 4.12. The number of carboxylic acids is 1. The van der Waals surface area contributed by atoms with Crippen LogP contribution in [-0.2, 0) is 17.4 Å². The molecule has 0 amide bonds. The van der Waals surface area contributed by atoms with Crippen molar-refractivity contribution in [1.29, 1.82) is 0 Å². The van der Waals surface area contributed by atoms with Gasteiger partial charge in [0, 0.05) is 12.6 Å². The fraction of sp³-hybridized carbons (Fsp3) is 0.643. The monoisotopic (exact) mass is 308 g/mol. The lowest BCUT2D eigenvalue weighted by molar-refractivity contribution is -0.133. The van der Waals surface area contributed by atoms with Gasteiger partial charge in [-0.25, -0.2) is 4.98 Å². The van der Waals surface area contributed by atoms with Gasteiger partial charge in [0.15, 0.2) is 10.8 Å². The lowest BCUT2D eigenvalue weighted by Gasteiger charge is -2.43. The van der Waals surface area contributed by atoms with Crippen molar-refractivity contribution in [1.82, 2.24) is 19.3 Å². The van der Waals surface area contributed by atoms with E-state index in [1.807, 2.05) is 18.7 Å². The molecule has 21 heavy (non-hydrogen) atoms. The molecule has 114 valence electrons. The Labute approximate surface area is 127 Å². The predicted octanol–water partition coefficient (Wildman–Crippen LogP) is 2.54. The summed E-state index contributed by atoms with van der Waals surface area (Å²) in [5.41, 5.74) is 2.89. The Morgan fingerprint density at radius 1 is 1.48 bits per heavy atom. The van der Waals surface area contributed by atoms with Crippen LogP contribution in [0.2, 0.25) is 0 Å². The summed E-state index contributed by atoms with van der Waals surface area (Å²) in [6.45, 7) is 4.14. The van der Waals surface area contributed by atoms with Crippen LogP contribution in [0, 0.1) is 6.92 Å². The van der Waals surface area contributed by atoms with Crippen LogP contribution in [0.5, 0.6) is 0 Å². The summed E-state index contributed by atoms with van der Waals surface area (Å²) in [7, 11) is 1.93. The molecule has 0 spiro atoms. The summed E-state index contributed by atoms with van der Waals surface area (Å²) in [5, 5.41) is 14.2. The number of hydrogen-bond donors (Lipinski definition) is 1. The summed E-state index contributed by atoms with van der Waals surface area (Å²) in [4.78, 5) is 15.6. The molecule has 1 aliphatic rings. The molecule has 0 aliphatic heterocycles. The number of aryl methyl sites for hydroxylation is 2. The smallest absolute Gasteiger partial charge is 0.313 e. The zero-order valence-corrected chi connectivity index (χ0v) is 13.4. The van der Waals surface area contributed by atoms with Crippen LogP contribution in [0.4, 0.5) is 0 Å². The summed E-state index contributed by atoms with van der Waals surface area (Å²) >= 11 is 1.31. The van der Waals surface area contributed by atoms with Crippen LogP contribution in [0.3, 0.4) is 0 Å². The van der Waals surface area contributed by atoms with Gasteiger partial charge in [-0.2, -0.15) is 5.10 Å². The molecule has 1 saturated carbocycles. The maximum atomic E-state index is 10.9. The number of hydrogen-bond acceptors (Lipinski definition) is 4. The summed E-state index contributed by atoms with van der Waals surface area (Å²) in [6.07, 6.45) is 4.50. The molecule has 3 rings (SSSR count). The average molecular weight is 308 g/mol. The largest absolute Gasteiger partial charge is 0.481 e. The third-order valence-corrected chi connectivity index (χ3v) is 5.44. The van der Waals surface area contributed by atoms with E-state index in [1.165, 1.54) is 18.2 Å². The van der Waals surface area contributed by atoms with Gasteiger partial charge < -0.3 is 5.11 Å². The van der Waals surface area contributed by atoms with E-state index in [-0.39, 0.29) is 11.3 Å². The first-order valence-electron chi connectivity index (χ1n) is 7.25. The molecule has 7 heteroatoms. The third-order valence-electron chi connectivity index (χ3n) is 4.51. The Balaban J connectivity index is 2.17. The summed E-state index contributed by atoms with van der Waals surface area (Å²) in [6, 6.07) is 0. The summed E-state index contributed by atoms with van der Waals surface area (Å²) in [5.74, 6) is -0.775. The molecule has 0 bridgehead atoms. The van der Waals surface area contributed by atoms with Crippen LogP contribution in [0.15, 0.2) is 5.16 Å². The molecule has 2 aromatic heterocycles. The first-order chi connectivity index (χ1) is 9.98. The van der Waals surface area contributed by atoms with E-state index in [0.717, 1.165) is 41.3 Å². The Kier molecular flexibility index (Phi) is 3.47. The first-order valence-corrected chi connectivity index (χ1v) is 8.24. The van der Waals surface area contributed by atoms with E-state index in [2.05, 4.69) is 21.6 Å². The number of aromatic nitrogens is 4. The number of nitrogens with zero attached hydrogens (tertiary/aromatic N) is 4. The molecule has 0 saturated heterocycles. The quantitative estimate of drug-likeness (QED) is 0.859. The van der Waals surface area contributed by atoms with Crippen molar-refractivity contribution < 1.29 is 9.90 Å². The van der Waals surface area contributed by atoms with Crippen molar-refractivity contribution in [2.45, 2.75) is 50.2 Å². The average Bonchev–Trinajstić information content (AvgIpc) is 2.87. The van der Waals surface area contributed by atoms with E-state index < -0.39 is 5.97 Å². The van der Waals surface area contributed by atoms with Crippen molar-refractivity contribution in [3.05, 3.63) is 5.69 Å². The maximum absolute atomic E-state index is 10.9. The van der Waals surface area contributed by atoms with E-state index in [4.69, 9.17) is 5.11 Å². The fourth-order valence-electron chi connectivity index (χ4n) is 3.22. The highest BCUT2D eigenvalue weighted by Gasteiger charge is 2.41. The minimum atomic E-state index is -0.812. The van der Waals surface area contributed by atoms with Crippen molar-refractivity contribution in [3.8, 4) is 0 Å². The predicted molar refractivity (Wildman–Crippen MR) is 81.7 cm³/mol. The zero-order chi connectivity index (χ0) is 15.2. The molecular formula is C14H20N4O2S. The molecule has 0 atom stereocenters. The Morgan fingerprint density at radius 3 is 2.71 bits per heavy atom. The minimum absolute atomic E-state index is 0.0373. The number of fused-ring (bicyclic) bond motifs is 1. The number of carbonyl (C=O) groups is 1. The van der Waals surface area contributed by atoms with Gasteiger partial charge >= 0.3 is 5.97 Å². The molecular weight excluding hydrogens is 288 g/mol. The number of thioether (sulfide) groups is 1. The van der Waals surface area contributed by atoms with Crippen molar-refractivity contribution in [2.75, 3.05) is 5.75 Å². The van der Waals surface area contributed by atoms with Crippen molar-refractivity contribution >= 4 is 28.9 Å². The number of aliphatic carboxylic acids is 1. The van der Waals surface area contributed by atoms with Gasteiger partial charge in [0.2, 0.25) is 0 Å².